The fraction of sp³-hybridized carbons (Fsp3) is 0.923. The Morgan fingerprint density at radius 3 is 2.41 bits per heavy atom. The van der Waals surface area contributed by atoms with Crippen LogP contribution in [0, 0.1) is 11.8 Å². The molecule has 0 aliphatic carbocycles. The van der Waals surface area contributed by atoms with Crippen LogP contribution in [0.2, 0.25) is 0 Å². The Kier molecular flexibility index (Phi) is 9.09. The molecule has 0 fully saturated rings. The van der Waals surface area contributed by atoms with Crippen molar-refractivity contribution in [3.63, 3.8) is 0 Å². The molecule has 3 N–H and O–H groups in total. The Balaban J connectivity index is 3.72. The van der Waals surface area contributed by atoms with Gasteiger partial charge in [-0.1, -0.05) is 13.8 Å². The molecular formula is C13H29N3O. The molecule has 0 spiro atoms. The van der Waals surface area contributed by atoms with E-state index in [-0.39, 0.29) is 5.91 Å². The molecule has 0 heterocycles. The van der Waals surface area contributed by atoms with Gasteiger partial charge in [0.15, 0.2) is 0 Å². The Hall–Kier alpha value is -0.610. The van der Waals surface area contributed by atoms with Gasteiger partial charge in [-0.3, -0.25) is 4.79 Å². The standard InChI is InChI=1S/C13H29N3O/c1-11(2)12(7-8-14)5-6-13(17)15-9-10-16(3)4/h11-12H,5-10,14H2,1-4H3,(H,15,17). The van der Waals surface area contributed by atoms with Crippen molar-refractivity contribution >= 4 is 5.91 Å². The lowest BCUT2D eigenvalue weighted by molar-refractivity contribution is -0.121. The zero-order valence-electron chi connectivity index (χ0n) is 11.8. The fourth-order valence-corrected chi connectivity index (χ4v) is 1.85. The quantitative estimate of drug-likeness (QED) is 0.637. The van der Waals surface area contributed by atoms with Crippen LogP contribution >= 0.6 is 0 Å². The summed E-state index contributed by atoms with van der Waals surface area (Å²) in [5, 5.41) is 2.94. The van der Waals surface area contributed by atoms with Crippen LogP contribution < -0.4 is 11.1 Å². The number of nitrogens with zero attached hydrogens (tertiary/aromatic N) is 1. The van der Waals surface area contributed by atoms with E-state index in [1.54, 1.807) is 0 Å². The van der Waals surface area contributed by atoms with Crippen LogP contribution in [0.4, 0.5) is 0 Å². The molecule has 0 aliphatic heterocycles. The minimum atomic E-state index is 0.162. The van der Waals surface area contributed by atoms with Crippen molar-refractivity contribution in [1.82, 2.24) is 10.2 Å². The topological polar surface area (TPSA) is 58.4 Å². The van der Waals surface area contributed by atoms with Gasteiger partial charge in [-0.05, 0) is 45.3 Å². The summed E-state index contributed by atoms with van der Waals surface area (Å²) in [5.41, 5.74) is 5.58. The summed E-state index contributed by atoms with van der Waals surface area (Å²) in [6, 6.07) is 0. The highest BCUT2D eigenvalue weighted by molar-refractivity contribution is 5.75. The molecule has 17 heavy (non-hydrogen) atoms. The number of nitrogens with two attached hydrogens (primary N) is 1. The van der Waals surface area contributed by atoms with Crippen LogP contribution in [0.5, 0.6) is 0 Å². The Labute approximate surface area is 106 Å². The number of hydrogen-bond donors (Lipinski definition) is 2. The molecule has 0 rings (SSSR count). The number of hydrogen-bond acceptors (Lipinski definition) is 3. The summed E-state index contributed by atoms with van der Waals surface area (Å²) < 4.78 is 0. The van der Waals surface area contributed by atoms with Crippen LogP contribution in [0.25, 0.3) is 0 Å². The lowest BCUT2D eigenvalue weighted by atomic mass is 9.88. The molecule has 0 aromatic carbocycles. The molecule has 0 saturated carbocycles. The molecule has 1 unspecified atom stereocenters. The summed E-state index contributed by atoms with van der Waals surface area (Å²) in [7, 11) is 4.00. The third kappa shape index (κ3) is 9.12. The van der Waals surface area contributed by atoms with Gasteiger partial charge in [0.1, 0.15) is 0 Å². The normalized spacial score (nSPS) is 13.1. The van der Waals surface area contributed by atoms with E-state index < -0.39 is 0 Å². The minimum Gasteiger partial charge on any atom is -0.355 e. The van der Waals surface area contributed by atoms with Crippen LogP contribution in [-0.4, -0.2) is 44.5 Å². The number of rotatable bonds is 9. The number of carbonyl (C=O) groups is 1. The van der Waals surface area contributed by atoms with Crippen molar-refractivity contribution in [2.24, 2.45) is 17.6 Å². The van der Waals surface area contributed by atoms with E-state index >= 15 is 0 Å². The first-order chi connectivity index (χ1) is 7.97. The maximum Gasteiger partial charge on any atom is 0.220 e. The molecule has 0 aromatic heterocycles. The van der Waals surface area contributed by atoms with Crippen molar-refractivity contribution in [2.75, 3.05) is 33.7 Å². The van der Waals surface area contributed by atoms with Crippen molar-refractivity contribution in [3.05, 3.63) is 0 Å². The van der Waals surface area contributed by atoms with E-state index in [1.165, 1.54) is 0 Å². The highest BCUT2D eigenvalue weighted by Crippen LogP contribution is 2.20. The maximum atomic E-state index is 11.6. The molecule has 4 nitrogen and oxygen atoms in total. The Bertz CT molecular complexity index is 205. The lowest BCUT2D eigenvalue weighted by Gasteiger charge is -2.19. The van der Waals surface area contributed by atoms with Crippen LogP contribution in [0.3, 0.4) is 0 Å². The zero-order valence-corrected chi connectivity index (χ0v) is 11.8. The molecule has 1 amide bonds. The number of carbonyl (C=O) groups excluding carboxylic acids is 1. The monoisotopic (exact) mass is 243 g/mol. The highest BCUT2D eigenvalue weighted by Gasteiger charge is 2.14. The highest BCUT2D eigenvalue weighted by atomic mass is 16.1. The smallest absolute Gasteiger partial charge is 0.220 e. The summed E-state index contributed by atoms with van der Waals surface area (Å²) in [5.74, 6) is 1.34. The number of amides is 1. The van der Waals surface area contributed by atoms with E-state index in [1.807, 2.05) is 14.1 Å². The van der Waals surface area contributed by atoms with Crippen molar-refractivity contribution < 1.29 is 4.79 Å². The minimum absolute atomic E-state index is 0.162. The molecule has 0 aliphatic rings. The van der Waals surface area contributed by atoms with Gasteiger partial charge < -0.3 is 16.0 Å². The second-order valence-corrected chi connectivity index (χ2v) is 5.27. The van der Waals surface area contributed by atoms with Gasteiger partial charge in [-0.25, -0.2) is 0 Å². The Morgan fingerprint density at radius 2 is 1.94 bits per heavy atom. The first kappa shape index (κ1) is 16.4. The van der Waals surface area contributed by atoms with E-state index in [0.29, 0.717) is 24.8 Å². The number of nitrogens with one attached hydrogen (secondary N) is 1. The van der Waals surface area contributed by atoms with Gasteiger partial charge in [0.25, 0.3) is 0 Å². The van der Waals surface area contributed by atoms with Gasteiger partial charge in [0.2, 0.25) is 5.91 Å². The third-order valence-electron chi connectivity index (χ3n) is 3.10. The first-order valence-corrected chi connectivity index (χ1v) is 6.58. The number of likely N-dealkylation sites (N-methyl/N-ethyl adjacent to an activating group) is 1. The zero-order chi connectivity index (χ0) is 13.3. The van der Waals surface area contributed by atoms with Crippen LogP contribution in [-0.2, 0) is 4.79 Å². The molecule has 102 valence electrons. The van der Waals surface area contributed by atoms with Gasteiger partial charge in [0.05, 0.1) is 0 Å². The maximum absolute atomic E-state index is 11.6. The fourth-order valence-electron chi connectivity index (χ4n) is 1.85. The molecule has 0 bridgehead atoms. The van der Waals surface area contributed by atoms with Crippen molar-refractivity contribution in [1.29, 1.82) is 0 Å². The van der Waals surface area contributed by atoms with Gasteiger partial charge in [0, 0.05) is 19.5 Å². The SMILES string of the molecule is CC(C)C(CCN)CCC(=O)NCCN(C)C. The predicted molar refractivity (Wildman–Crippen MR) is 72.8 cm³/mol. The molecule has 4 heteroatoms. The lowest BCUT2D eigenvalue weighted by Crippen LogP contribution is -2.31. The Morgan fingerprint density at radius 1 is 1.29 bits per heavy atom. The first-order valence-electron chi connectivity index (χ1n) is 6.58. The largest absolute Gasteiger partial charge is 0.355 e. The molecule has 0 saturated heterocycles. The van der Waals surface area contributed by atoms with Gasteiger partial charge in [-0.15, -0.1) is 0 Å². The predicted octanol–water partition coefficient (Wildman–Crippen LogP) is 1.07. The summed E-state index contributed by atoms with van der Waals surface area (Å²) >= 11 is 0. The van der Waals surface area contributed by atoms with Crippen molar-refractivity contribution in [2.45, 2.75) is 33.1 Å². The van der Waals surface area contributed by atoms with Gasteiger partial charge in [-0.2, -0.15) is 0 Å². The van der Waals surface area contributed by atoms with E-state index in [9.17, 15) is 4.79 Å². The molecule has 0 aromatic rings. The van der Waals surface area contributed by atoms with E-state index in [0.717, 1.165) is 25.9 Å². The van der Waals surface area contributed by atoms with E-state index in [2.05, 4.69) is 24.1 Å². The summed E-state index contributed by atoms with van der Waals surface area (Å²) in [6.45, 7) is 6.73. The summed E-state index contributed by atoms with van der Waals surface area (Å²) in [4.78, 5) is 13.7. The van der Waals surface area contributed by atoms with E-state index in [4.69, 9.17) is 5.73 Å². The van der Waals surface area contributed by atoms with Crippen LogP contribution in [0.15, 0.2) is 0 Å². The second-order valence-electron chi connectivity index (χ2n) is 5.27. The molecule has 0 radical (unpaired) electrons. The van der Waals surface area contributed by atoms with Gasteiger partial charge >= 0.3 is 0 Å². The average Bonchev–Trinajstić information content (AvgIpc) is 2.23. The second kappa shape index (κ2) is 9.42. The average molecular weight is 243 g/mol. The van der Waals surface area contributed by atoms with Crippen molar-refractivity contribution in [3.8, 4) is 0 Å². The molecular weight excluding hydrogens is 214 g/mol. The third-order valence-corrected chi connectivity index (χ3v) is 3.10. The molecule has 1 atom stereocenters. The van der Waals surface area contributed by atoms with Crippen LogP contribution in [0.1, 0.15) is 33.1 Å². The summed E-state index contributed by atoms with van der Waals surface area (Å²) in [6.07, 6.45) is 2.58.